The number of halogens is 1. The van der Waals surface area contributed by atoms with Crippen LogP contribution in [0.15, 0.2) is 42.5 Å². The zero-order valence-corrected chi connectivity index (χ0v) is 13.6. The predicted octanol–water partition coefficient (Wildman–Crippen LogP) is 2.21. The number of amides is 2. The second kappa shape index (κ2) is 8.10. The van der Waals surface area contributed by atoms with Gasteiger partial charge in [-0.15, -0.1) is 0 Å². The van der Waals surface area contributed by atoms with Crippen LogP contribution in [0.3, 0.4) is 0 Å². The minimum atomic E-state index is -0.469. The Morgan fingerprint density at radius 1 is 1.00 bits per heavy atom. The third-order valence-corrected chi connectivity index (χ3v) is 3.53. The minimum Gasteiger partial charge on any atom is -0.483 e. The molecule has 0 heterocycles. The van der Waals surface area contributed by atoms with Gasteiger partial charge in [-0.1, -0.05) is 24.3 Å². The second-order valence-corrected chi connectivity index (χ2v) is 5.39. The lowest BCUT2D eigenvalue weighted by Crippen LogP contribution is -2.44. The van der Waals surface area contributed by atoms with Crippen molar-refractivity contribution in [3.8, 4) is 5.75 Å². The van der Waals surface area contributed by atoms with Gasteiger partial charge < -0.3 is 4.74 Å². The number of hydrogen-bond acceptors (Lipinski definition) is 3. The van der Waals surface area contributed by atoms with E-state index < -0.39 is 11.8 Å². The quantitative estimate of drug-likeness (QED) is 0.826. The summed E-state index contributed by atoms with van der Waals surface area (Å²) >= 11 is 0. The molecule has 0 aliphatic heterocycles. The number of rotatable bonds is 5. The summed E-state index contributed by atoms with van der Waals surface area (Å²) < 4.78 is 18.2. The molecule has 0 spiro atoms. The number of hydrogen-bond donors (Lipinski definition) is 2. The molecule has 0 saturated carbocycles. The van der Waals surface area contributed by atoms with Crippen LogP contribution in [0.4, 0.5) is 4.39 Å². The lowest BCUT2D eigenvalue weighted by molar-refractivity contribution is -0.129. The van der Waals surface area contributed by atoms with Crippen LogP contribution < -0.4 is 15.6 Å². The largest absolute Gasteiger partial charge is 0.483 e. The number of carbonyl (C=O) groups is 2. The van der Waals surface area contributed by atoms with E-state index in [0.717, 1.165) is 11.1 Å². The van der Waals surface area contributed by atoms with E-state index in [1.165, 1.54) is 24.3 Å². The smallest absolute Gasteiger partial charge is 0.276 e. The van der Waals surface area contributed by atoms with Gasteiger partial charge in [-0.05, 0) is 48.7 Å². The zero-order chi connectivity index (χ0) is 17.5. The van der Waals surface area contributed by atoms with Crippen LogP contribution in [0.25, 0.3) is 0 Å². The van der Waals surface area contributed by atoms with E-state index in [9.17, 15) is 14.0 Å². The van der Waals surface area contributed by atoms with Gasteiger partial charge in [0, 0.05) is 0 Å². The van der Waals surface area contributed by atoms with Crippen molar-refractivity contribution in [3.63, 3.8) is 0 Å². The number of hydrazine groups is 1. The van der Waals surface area contributed by atoms with Crippen molar-refractivity contribution in [2.24, 2.45) is 0 Å². The van der Waals surface area contributed by atoms with Crippen molar-refractivity contribution in [1.82, 2.24) is 10.9 Å². The first-order valence-electron chi connectivity index (χ1n) is 7.47. The van der Waals surface area contributed by atoms with Gasteiger partial charge in [0.05, 0.1) is 6.42 Å². The highest BCUT2D eigenvalue weighted by atomic mass is 19.1. The molecule has 0 atom stereocenters. The lowest BCUT2D eigenvalue weighted by atomic mass is 10.1. The molecule has 2 rings (SSSR count). The van der Waals surface area contributed by atoms with Gasteiger partial charge in [-0.25, -0.2) is 4.39 Å². The fourth-order valence-corrected chi connectivity index (χ4v) is 2.03. The number of carbonyl (C=O) groups excluding carboxylic acids is 2. The van der Waals surface area contributed by atoms with Gasteiger partial charge in [-0.2, -0.15) is 0 Å². The van der Waals surface area contributed by atoms with Crippen molar-refractivity contribution in [1.29, 1.82) is 0 Å². The number of aryl methyl sites for hydroxylation is 1. The van der Waals surface area contributed by atoms with Crippen LogP contribution in [0.5, 0.6) is 5.75 Å². The summed E-state index contributed by atoms with van der Waals surface area (Å²) in [6.07, 6.45) is 0.0401. The normalized spacial score (nSPS) is 10.1. The van der Waals surface area contributed by atoms with Crippen LogP contribution in [-0.4, -0.2) is 18.4 Å². The molecule has 2 N–H and O–H groups in total. The molecule has 0 fully saturated rings. The van der Waals surface area contributed by atoms with E-state index in [-0.39, 0.29) is 18.8 Å². The highest BCUT2D eigenvalue weighted by Crippen LogP contribution is 2.20. The van der Waals surface area contributed by atoms with Gasteiger partial charge >= 0.3 is 0 Å². The first-order valence-corrected chi connectivity index (χ1v) is 7.47. The maximum absolute atomic E-state index is 12.8. The summed E-state index contributed by atoms with van der Waals surface area (Å²) in [5, 5.41) is 0. The average molecular weight is 330 g/mol. The number of ether oxygens (including phenoxy) is 1. The monoisotopic (exact) mass is 330 g/mol. The van der Waals surface area contributed by atoms with Crippen LogP contribution in [0.2, 0.25) is 0 Å². The molecule has 0 radical (unpaired) electrons. The summed E-state index contributed by atoms with van der Waals surface area (Å²) in [5.74, 6) is -0.608. The fraction of sp³-hybridized carbons (Fsp3) is 0.222. The number of benzene rings is 2. The van der Waals surface area contributed by atoms with Crippen molar-refractivity contribution in [2.45, 2.75) is 20.3 Å². The summed E-state index contributed by atoms with van der Waals surface area (Å²) in [5.41, 5.74) is 7.26. The number of nitrogens with one attached hydrogen (secondary N) is 2. The van der Waals surface area contributed by atoms with E-state index in [1.807, 2.05) is 26.0 Å². The lowest BCUT2D eigenvalue weighted by Gasteiger charge is -2.11. The molecule has 2 aromatic rings. The van der Waals surface area contributed by atoms with E-state index in [4.69, 9.17) is 4.74 Å². The molecule has 0 aromatic heterocycles. The molecule has 24 heavy (non-hydrogen) atoms. The van der Waals surface area contributed by atoms with Crippen molar-refractivity contribution in [3.05, 3.63) is 65.0 Å². The Bertz CT molecular complexity index is 730. The summed E-state index contributed by atoms with van der Waals surface area (Å²) in [4.78, 5) is 23.4. The Kier molecular flexibility index (Phi) is 5.89. The molecular formula is C18H19FN2O3. The molecule has 5 nitrogen and oxygen atoms in total. The molecule has 0 aliphatic rings. The molecule has 6 heteroatoms. The van der Waals surface area contributed by atoms with E-state index in [2.05, 4.69) is 10.9 Å². The highest BCUT2D eigenvalue weighted by Gasteiger charge is 2.08. The first-order chi connectivity index (χ1) is 11.5. The molecule has 0 unspecified atom stereocenters. The molecular weight excluding hydrogens is 311 g/mol. The van der Waals surface area contributed by atoms with Gasteiger partial charge in [0.25, 0.3) is 5.91 Å². The SMILES string of the molecule is Cc1cccc(OCC(=O)NNC(=O)Cc2ccc(F)cc2)c1C. The van der Waals surface area contributed by atoms with E-state index >= 15 is 0 Å². The fourth-order valence-electron chi connectivity index (χ4n) is 2.03. The summed E-state index contributed by atoms with van der Waals surface area (Å²) in [6.45, 7) is 3.66. The van der Waals surface area contributed by atoms with Gasteiger partial charge in [0.2, 0.25) is 5.91 Å². The zero-order valence-electron chi connectivity index (χ0n) is 13.6. The average Bonchev–Trinajstić information content (AvgIpc) is 2.56. The van der Waals surface area contributed by atoms with Crippen molar-refractivity contribution < 1.29 is 18.7 Å². The Labute approximate surface area is 139 Å². The molecule has 2 aromatic carbocycles. The standard InChI is InChI=1S/C18H19FN2O3/c1-12-4-3-5-16(13(12)2)24-11-18(23)21-20-17(22)10-14-6-8-15(19)9-7-14/h3-9H,10-11H2,1-2H3,(H,20,22)(H,21,23). The maximum Gasteiger partial charge on any atom is 0.276 e. The van der Waals surface area contributed by atoms with Gasteiger partial charge in [0.15, 0.2) is 6.61 Å². The third kappa shape index (κ3) is 5.08. The first kappa shape index (κ1) is 17.5. The topological polar surface area (TPSA) is 67.4 Å². The van der Waals surface area contributed by atoms with Crippen LogP contribution >= 0.6 is 0 Å². The Hall–Kier alpha value is -2.89. The van der Waals surface area contributed by atoms with Crippen LogP contribution in [-0.2, 0) is 16.0 Å². The molecule has 0 bridgehead atoms. The van der Waals surface area contributed by atoms with Crippen molar-refractivity contribution in [2.75, 3.05) is 6.61 Å². The molecule has 2 amide bonds. The maximum atomic E-state index is 12.8. The summed E-state index contributed by atoms with van der Waals surface area (Å²) in [6, 6.07) is 11.2. The predicted molar refractivity (Wildman–Crippen MR) is 87.8 cm³/mol. The highest BCUT2D eigenvalue weighted by molar-refractivity contribution is 5.83. The Morgan fingerprint density at radius 2 is 1.67 bits per heavy atom. The van der Waals surface area contributed by atoms with Crippen LogP contribution in [0, 0.1) is 19.7 Å². The third-order valence-electron chi connectivity index (χ3n) is 3.53. The molecule has 126 valence electrons. The second-order valence-electron chi connectivity index (χ2n) is 5.39. The van der Waals surface area contributed by atoms with Gasteiger partial charge in [-0.3, -0.25) is 20.4 Å². The molecule has 0 aliphatic carbocycles. The van der Waals surface area contributed by atoms with Crippen LogP contribution in [0.1, 0.15) is 16.7 Å². The van der Waals surface area contributed by atoms with Gasteiger partial charge in [0.1, 0.15) is 11.6 Å². The van der Waals surface area contributed by atoms with E-state index in [0.29, 0.717) is 11.3 Å². The Morgan fingerprint density at radius 3 is 2.38 bits per heavy atom. The van der Waals surface area contributed by atoms with E-state index in [1.54, 1.807) is 6.07 Å². The Balaban J connectivity index is 1.75. The van der Waals surface area contributed by atoms with Crippen molar-refractivity contribution >= 4 is 11.8 Å². The summed E-state index contributed by atoms with van der Waals surface area (Å²) in [7, 11) is 0. The molecule has 0 saturated heterocycles. The minimum absolute atomic E-state index is 0.0401.